The van der Waals surface area contributed by atoms with Crippen LogP contribution in [-0.4, -0.2) is 25.3 Å². The number of fused-ring (bicyclic) bond motifs is 1. The van der Waals surface area contributed by atoms with Gasteiger partial charge < -0.3 is 24.3 Å². The molecule has 0 aliphatic carbocycles. The van der Waals surface area contributed by atoms with Gasteiger partial charge in [-0.2, -0.15) is 0 Å². The number of rotatable bonds is 8. The highest BCUT2D eigenvalue weighted by molar-refractivity contribution is 5.92. The minimum atomic E-state index is -0.580. The Labute approximate surface area is 185 Å². The number of hydrogen-bond donors (Lipinski definition) is 1. The standard InChI is InChI=1S/C25H23NO6/c1-17(18-11-12-22-23(13-18)32-16-31-22)26-24(27)15-30-25(28)21-10-6-5-7-19(21)14-29-20-8-3-2-4-9-20/h2-13,17H,14-16H2,1H3,(H,26,27)/t17-/m1/s1. The maximum atomic E-state index is 12.6. The minimum absolute atomic E-state index is 0.188. The van der Waals surface area contributed by atoms with Gasteiger partial charge in [0.2, 0.25) is 6.79 Å². The lowest BCUT2D eigenvalue weighted by Crippen LogP contribution is -2.31. The van der Waals surface area contributed by atoms with Crippen LogP contribution in [0.3, 0.4) is 0 Å². The van der Waals surface area contributed by atoms with E-state index < -0.39 is 11.9 Å². The largest absolute Gasteiger partial charge is 0.489 e. The lowest BCUT2D eigenvalue weighted by Gasteiger charge is -2.15. The number of ether oxygens (including phenoxy) is 4. The van der Waals surface area contributed by atoms with Gasteiger partial charge in [-0.05, 0) is 42.8 Å². The molecule has 0 spiro atoms. The number of carbonyl (C=O) groups is 2. The summed E-state index contributed by atoms with van der Waals surface area (Å²) in [6, 6.07) is 21.5. The van der Waals surface area contributed by atoms with E-state index in [4.69, 9.17) is 18.9 Å². The smallest absolute Gasteiger partial charge is 0.339 e. The molecule has 1 amide bonds. The van der Waals surface area contributed by atoms with E-state index in [-0.39, 0.29) is 26.0 Å². The van der Waals surface area contributed by atoms with Gasteiger partial charge in [0.1, 0.15) is 12.4 Å². The molecule has 0 saturated heterocycles. The van der Waals surface area contributed by atoms with Crippen molar-refractivity contribution in [1.29, 1.82) is 0 Å². The Bertz CT molecular complexity index is 1100. The van der Waals surface area contributed by atoms with Crippen LogP contribution in [-0.2, 0) is 16.1 Å². The summed E-state index contributed by atoms with van der Waals surface area (Å²) in [5.41, 5.74) is 1.90. The maximum Gasteiger partial charge on any atom is 0.339 e. The van der Waals surface area contributed by atoms with E-state index in [0.717, 1.165) is 5.56 Å². The van der Waals surface area contributed by atoms with Crippen LogP contribution in [0.5, 0.6) is 17.2 Å². The number of nitrogens with one attached hydrogen (secondary N) is 1. The van der Waals surface area contributed by atoms with Crippen molar-refractivity contribution in [1.82, 2.24) is 5.32 Å². The lowest BCUT2D eigenvalue weighted by molar-refractivity contribution is -0.124. The van der Waals surface area contributed by atoms with E-state index in [1.165, 1.54) is 0 Å². The summed E-state index contributed by atoms with van der Waals surface area (Å²) < 4.78 is 21.6. The zero-order valence-corrected chi connectivity index (χ0v) is 17.6. The molecule has 1 heterocycles. The average molecular weight is 433 g/mol. The number of benzene rings is 3. The van der Waals surface area contributed by atoms with Crippen LogP contribution in [0.1, 0.15) is 34.5 Å². The highest BCUT2D eigenvalue weighted by atomic mass is 16.7. The molecule has 7 nitrogen and oxygen atoms in total. The summed E-state index contributed by atoms with van der Waals surface area (Å²) in [6.45, 7) is 1.85. The molecule has 3 aromatic carbocycles. The summed E-state index contributed by atoms with van der Waals surface area (Å²) in [5, 5.41) is 2.82. The minimum Gasteiger partial charge on any atom is -0.489 e. The third-order valence-electron chi connectivity index (χ3n) is 4.98. The topological polar surface area (TPSA) is 83.1 Å². The van der Waals surface area contributed by atoms with Crippen molar-refractivity contribution >= 4 is 11.9 Å². The number of carbonyl (C=O) groups excluding carboxylic acids is 2. The first-order valence-corrected chi connectivity index (χ1v) is 10.2. The Hall–Kier alpha value is -4.00. The predicted molar refractivity (Wildman–Crippen MR) is 117 cm³/mol. The Morgan fingerprint density at radius 3 is 2.56 bits per heavy atom. The van der Waals surface area contributed by atoms with Crippen LogP contribution in [0, 0.1) is 0 Å². The van der Waals surface area contributed by atoms with Crippen molar-refractivity contribution in [3.8, 4) is 17.2 Å². The van der Waals surface area contributed by atoms with Crippen molar-refractivity contribution in [3.63, 3.8) is 0 Å². The molecule has 0 fully saturated rings. The molecule has 3 aromatic rings. The molecule has 0 bridgehead atoms. The van der Waals surface area contributed by atoms with Crippen molar-refractivity contribution < 1.29 is 28.5 Å². The molecule has 164 valence electrons. The van der Waals surface area contributed by atoms with Crippen LogP contribution < -0.4 is 19.5 Å². The summed E-state index contributed by atoms with van der Waals surface area (Å²) in [5.74, 6) is 1.04. The third kappa shape index (κ3) is 5.18. The van der Waals surface area contributed by atoms with Crippen molar-refractivity contribution in [2.24, 2.45) is 0 Å². The van der Waals surface area contributed by atoms with Gasteiger partial charge in [-0.1, -0.05) is 42.5 Å². The summed E-state index contributed by atoms with van der Waals surface area (Å²) in [6.07, 6.45) is 0. The number of esters is 1. The van der Waals surface area contributed by atoms with E-state index in [1.54, 1.807) is 24.3 Å². The fourth-order valence-electron chi connectivity index (χ4n) is 3.28. The molecule has 0 radical (unpaired) electrons. The molecule has 1 N–H and O–H groups in total. The van der Waals surface area contributed by atoms with Crippen LogP contribution in [0.15, 0.2) is 72.8 Å². The number of hydrogen-bond acceptors (Lipinski definition) is 6. The normalized spacial score (nSPS) is 12.7. The molecule has 4 rings (SSSR count). The van der Waals surface area contributed by atoms with E-state index in [1.807, 2.05) is 55.5 Å². The van der Waals surface area contributed by atoms with Gasteiger partial charge in [-0.3, -0.25) is 4.79 Å². The van der Waals surface area contributed by atoms with Gasteiger partial charge in [-0.25, -0.2) is 4.79 Å². The predicted octanol–water partition coefficient (Wildman–Crippen LogP) is 4.03. The van der Waals surface area contributed by atoms with Gasteiger partial charge in [0.15, 0.2) is 18.1 Å². The average Bonchev–Trinajstić information content (AvgIpc) is 3.30. The molecule has 1 aliphatic rings. The highest BCUT2D eigenvalue weighted by Crippen LogP contribution is 2.34. The second-order valence-electron chi connectivity index (χ2n) is 7.24. The molecule has 1 aliphatic heterocycles. The Balaban J connectivity index is 1.31. The van der Waals surface area contributed by atoms with Gasteiger partial charge in [0.25, 0.3) is 5.91 Å². The second kappa shape index (κ2) is 9.87. The van der Waals surface area contributed by atoms with Gasteiger partial charge in [-0.15, -0.1) is 0 Å². The summed E-state index contributed by atoms with van der Waals surface area (Å²) in [7, 11) is 0. The zero-order valence-electron chi connectivity index (χ0n) is 17.6. The molecule has 7 heteroatoms. The molecule has 0 aromatic heterocycles. The molecular formula is C25H23NO6. The number of amides is 1. The first kappa shape index (κ1) is 21.2. The van der Waals surface area contributed by atoms with Gasteiger partial charge >= 0.3 is 5.97 Å². The molecule has 32 heavy (non-hydrogen) atoms. The SMILES string of the molecule is C[C@@H](NC(=O)COC(=O)c1ccccc1COc1ccccc1)c1ccc2c(c1)OCO2. The van der Waals surface area contributed by atoms with Crippen LogP contribution in [0.25, 0.3) is 0 Å². The van der Waals surface area contributed by atoms with E-state index >= 15 is 0 Å². The molecular weight excluding hydrogens is 410 g/mol. The second-order valence-corrected chi connectivity index (χ2v) is 7.24. The summed E-state index contributed by atoms with van der Waals surface area (Å²) in [4.78, 5) is 24.9. The van der Waals surface area contributed by atoms with Crippen molar-refractivity contribution in [3.05, 3.63) is 89.5 Å². The van der Waals surface area contributed by atoms with E-state index in [0.29, 0.717) is 28.4 Å². The monoisotopic (exact) mass is 433 g/mol. The van der Waals surface area contributed by atoms with Gasteiger partial charge in [0, 0.05) is 5.56 Å². The van der Waals surface area contributed by atoms with E-state index in [2.05, 4.69) is 5.32 Å². The quantitative estimate of drug-likeness (QED) is 0.540. The molecule has 0 unspecified atom stereocenters. The Kier molecular flexibility index (Phi) is 6.55. The number of para-hydroxylation sites is 1. The molecule has 0 saturated carbocycles. The first-order chi connectivity index (χ1) is 15.6. The zero-order chi connectivity index (χ0) is 22.3. The Morgan fingerprint density at radius 1 is 0.969 bits per heavy atom. The van der Waals surface area contributed by atoms with Crippen LogP contribution in [0.2, 0.25) is 0 Å². The fourth-order valence-corrected chi connectivity index (χ4v) is 3.28. The fraction of sp³-hybridized carbons (Fsp3) is 0.200. The van der Waals surface area contributed by atoms with Crippen LogP contribution in [0.4, 0.5) is 0 Å². The maximum absolute atomic E-state index is 12.6. The Morgan fingerprint density at radius 2 is 1.72 bits per heavy atom. The first-order valence-electron chi connectivity index (χ1n) is 10.2. The molecule has 1 atom stereocenters. The van der Waals surface area contributed by atoms with E-state index in [9.17, 15) is 9.59 Å². The van der Waals surface area contributed by atoms with Crippen LogP contribution >= 0.6 is 0 Å². The van der Waals surface area contributed by atoms with Crippen molar-refractivity contribution in [2.45, 2.75) is 19.6 Å². The van der Waals surface area contributed by atoms with Gasteiger partial charge in [0.05, 0.1) is 11.6 Å². The third-order valence-corrected chi connectivity index (χ3v) is 4.98. The summed E-state index contributed by atoms with van der Waals surface area (Å²) >= 11 is 0. The lowest BCUT2D eigenvalue weighted by atomic mass is 10.1. The van der Waals surface area contributed by atoms with Crippen molar-refractivity contribution in [2.75, 3.05) is 13.4 Å². The highest BCUT2D eigenvalue weighted by Gasteiger charge is 2.18.